The van der Waals surface area contributed by atoms with Gasteiger partial charge in [0.15, 0.2) is 0 Å². The van der Waals surface area contributed by atoms with Crippen molar-refractivity contribution in [3.8, 4) is 5.75 Å². The minimum atomic E-state index is -0.266. The van der Waals surface area contributed by atoms with E-state index in [0.717, 1.165) is 11.3 Å². The first kappa shape index (κ1) is 20.9. The Hall–Kier alpha value is -3.80. The molecule has 0 heterocycles. The Labute approximate surface area is 176 Å². The number of ether oxygens (including phenoxy) is 1. The highest BCUT2D eigenvalue weighted by molar-refractivity contribution is 6.08. The highest BCUT2D eigenvalue weighted by Crippen LogP contribution is 2.20. The minimum Gasteiger partial charge on any atom is -0.497 e. The lowest BCUT2D eigenvalue weighted by molar-refractivity contribution is -0.114. The molecule has 3 aromatic rings. The summed E-state index contributed by atoms with van der Waals surface area (Å²) in [4.78, 5) is 25.0. The van der Waals surface area contributed by atoms with E-state index in [4.69, 9.17) is 4.74 Å². The number of nitrogens with one attached hydrogen (secondary N) is 3. The zero-order chi connectivity index (χ0) is 21.5. The van der Waals surface area contributed by atoms with Gasteiger partial charge in [-0.15, -0.1) is 0 Å². The van der Waals surface area contributed by atoms with Crippen molar-refractivity contribution < 1.29 is 14.3 Å². The molecule has 3 N–H and O–H groups in total. The van der Waals surface area contributed by atoms with E-state index in [0.29, 0.717) is 22.7 Å². The van der Waals surface area contributed by atoms with E-state index in [1.807, 2.05) is 38.1 Å². The number of hydrogen-bond donors (Lipinski definition) is 3. The highest BCUT2D eigenvalue weighted by Gasteiger charge is 2.12. The Bertz CT molecular complexity index is 1050. The molecule has 0 aliphatic rings. The summed E-state index contributed by atoms with van der Waals surface area (Å²) in [7, 11) is 1.59. The summed E-state index contributed by atoms with van der Waals surface area (Å²) in [5.41, 5.74) is 4.72. The van der Waals surface area contributed by atoms with Crippen molar-refractivity contribution in [1.82, 2.24) is 0 Å². The molecular weight excluding hydrogens is 378 g/mol. The third-order valence-corrected chi connectivity index (χ3v) is 4.75. The van der Waals surface area contributed by atoms with Gasteiger partial charge in [-0.3, -0.25) is 9.59 Å². The number of rotatable bonds is 7. The number of amides is 2. The van der Waals surface area contributed by atoms with Crippen molar-refractivity contribution in [1.29, 1.82) is 0 Å². The fraction of sp³-hybridized carbons (Fsp3) is 0.167. The van der Waals surface area contributed by atoms with E-state index in [1.165, 1.54) is 5.56 Å². The van der Waals surface area contributed by atoms with Crippen LogP contribution in [0.25, 0.3) is 0 Å². The van der Waals surface area contributed by atoms with Crippen molar-refractivity contribution in [2.45, 2.75) is 13.8 Å². The summed E-state index contributed by atoms with van der Waals surface area (Å²) in [6.07, 6.45) is 0. The molecule has 0 saturated heterocycles. The highest BCUT2D eigenvalue weighted by atomic mass is 16.5. The molecule has 0 unspecified atom stereocenters. The standard InChI is InChI=1S/C24H25N3O3/c1-16-8-9-19(14-17(16)2)26-23(28)15-25-22-7-5-4-6-21(22)24(29)27-18-10-12-20(30-3)13-11-18/h4-14,25H,15H2,1-3H3,(H,26,28)(H,27,29). The molecule has 0 aromatic heterocycles. The Morgan fingerprint density at radius 3 is 2.23 bits per heavy atom. The predicted molar refractivity (Wildman–Crippen MR) is 120 cm³/mol. The molecule has 3 rings (SSSR count). The van der Waals surface area contributed by atoms with Gasteiger partial charge in [-0.05, 0) is 73.5 Å². The molecule has 3 aromatic carbocycles. The molecule has 6 heteroatoms. The monoisotopic (exact) mass is 403 g/mol. The van der Waals surface area contributed by atoms with Crippen LogP contribution in [0.5, 0.6) is 5.75 Å². The van der Waals surface area contributed by atoms with E-state index in [-0.39, 0.29) is 18.4 Å². The third-order valence-electron chi connectivity index (χ3n) is 4.75. The second kappa shape index (κ2) is 9.60. The number of para-hydroxylation sites is 1. The van der Waals surface area contributed by atoms with Crippen LogP contribution >= 0.6 is 0 Å². The lowest BCUT2D eigenvalue weighted by atomic mass is 10.1. The number of methoxy groups -OCH3 is 1. The summed E-state index contributed by atoms with van der Waals surface area (Å²) < 4.78 is 5.13. The number of carbonyl (C=O) groups is 2. The molecular formula is C24H25N3O3. The molecule has 0 radical (unpaired) electrons. The van der Waals surface area contributed by atoms with Crippen LogP contribution < -0.4 is 20.7 Å². The van der Waals surface area contributed by atoms with Gasteiger partial charge in [0.25, 0.3) is 5.91 Å². The Kier molecular flexibility index (Phi) is 6.70. The van der Waals surface area contributed by atoms with Crippen molar-refractivity contribution in [2.75, 3.05) is 29.6 Å². The number of aryl methyl sites for hydroxylation is 2. The van der Waals surface area contributed by atoms with E-state index >= 15 is 0 Å². The van der Waals surface area contributed by atoms with Gasteiger partial charge in [0, 0.05) is 17.1 Å². The molecule has 0 spiro atoms. The van der Waals surface area contributed by atoms with Crippen LogP contribution in [0.4, 0.5) is 17.1 Å². The third kappa shape index (κ3) is 5.38. The van der Waals surface area contributed by atoms with Gasteiger partial charge in [0.1, 0.15) is 5.75 Å². The Morgan fingerprint density at radius 1 is 0.833 bits per heavy atom. The molecule has 30 heavy (non-hydrogen) atoms. The fourth-order valence-electron chi connectivity index (χ4n) is 2.91. The van der Waals surface area contributed by atoms with Crippen LogP contribution in [0.1, 0.15) is 21.5 Å². The molecule has 0 atom stereocenters. The molecule has 2 amide bonds. The number of benzene rings is 3. The van der Waals surface area contributed by atoms with Crippen LogP contribution in [0, 0.1) is 13.8 Å². The lowest BCUT2D eigenvalue weighted by Crippen LogP contribution is -2.23. The van der Waals surface area contributed by atoms with Gasteiger partial charge in [-0.2, -0.15) is 0 Å². The zero-order valence-corrected chi connectivity index (χ0v) is 17.3. The number of hydrogen-bond acceptors (Lipinski definition) is 4. The smallest absolute Gasteiger partial charge is 0.257 e. The van der Waals surface area contributed by atoms with Gasteiger partial charge >= 0.3 is 0 Å². The van der Waals surface area contributed by atoms with Gasteiger partial charge in [0.2, 0.25) is 5.91 Å². The van der Waals surface area contributed by atoms with Crippen molar-refractivity contribution in [2.24, 2.45) is 0 Å². The summed E-state index contributed by atoms with van der Waals surface area (Å²) in [5.74, 6) is 0.256. The summed E-state index contributed by atoms with van der Waals surface area (Å²) >= 11 is 0. The zero-order valence-electron chi connectivity index (χ0n) is 17.3. The number of carbonyl (C=O) groups excluding carboxylic acids is 2. The van der Waals surface area contributed by atoms with E-state index in [9.17, 15) is 9.59 Å². The summed E-state index contributed by atoms with van der Waals surface area (Å²) in [5, 5.41) is 8.77. The topological polar surface area (TPSA) is 79.5 Å². The summed E-state index contributed by atoms with van der Waals surface area (Å²) in [6, 6.07) is 19.9. The molecule has 0 saturated carbocycles. The fourth-order valence-corrected chi connectivity index (χ4v) is 2.91. The first-order chi connectivity index (χ1) is 14.5. The summed E-state index contributed by atoms with van der Waals surface area (Å²) in [6.45, 7) is 4.07. The molecule has 0 bridgehead atoms. The maximum absolute atomic E-state index is 12.7. The Morgan fingerprint density at radius 2 is 1.53 bits per heavy atom. The van der Waals surface area contributed by atoms with E-state index < -0.39 is 0 Å². The van der Waals surface area contributed by atoms with E-state index in [1.54, 1.807) is 49.6 Å². The molecule has 6 nitrogen and oxygen atoms in total. The average Bonchev–Trinajstić information content (AvgIpc) is 2.75. The lowest BCUT2D eigenvalue weighted by Gasteiger charge is -2.13. The molecule has 0 fully saturated rings. The number of anilines is 3. The van der Waals surface area contributed by atoms with Crippen molar-refractivity contribution in [3.63, 3.8) is 0 Å². The maximum atomic E-state index is 12.7. The average molecular weight is 403 g/mol. The minimum absolute atomic E-state index is 0.0414. The second-order valence-corrected chi connectivity index (χ2v) is 6.93. The largest absolute Gasteiger partial charge is 0.497 e. The first-order valence-electron chi connectivity index (χ1n) is 9.61. The second-order valence-electron chi connectivity index (χ2n) is 6.93. The SMILES string of the molecule is COc1ccc(NC(=O)c2ccccc2NCC(=O)Nc2ccc(C)c(C)c2)cc1. The molecule has 0 aliphatic heterocycles. The van der Waals surface area contributed by atoms with Crippen LogP contribution in [0.2, 0.25) is 0 Å². The van der Waals surface area contributed by atoms with Gasteiger partial charge in [0.05, 0.1) is 19.2 Å². The van der Waals surface area contributed by atoms with Crippen LogP contribution in [0.15, 0.2) is 66.7 Å². The van der Waals surface area contributed by atoms with Gasteiger partial charge in [-0.25, -0.2) is 0 Å². The molecule has 0 aliphatic carbocycles. The van der Waals surface area contributed by atoms with Gasteiger partial charge < -0.3 is 20.7 Å². The van der Waals surface area contributed by atoms with Crippen LogP contribution in [0.3, 0.4) is 0 Å². The Balaban J connectivity index is 1.63. The van der Waals surface area contributed by atoms with Crippen molar-refractivity contribution in [3.05, 3.63) is 83.4 Å². The van der Waals surface area contributed by atoms with Gasteiger partial charge in [-0.1, -0.05) is 18.2 Å². The predicted octanol–water partition coefficient (Wildman–Crippen LogP) is 4.61. The first-order valence-corrected chi connectivity index (χ1v) is 9.61. The quantitative estimate of drug-likeness (QED) is 0.538. The van der Waals surface area contributed by atoms with E-state index in [2.05, 4.69) is 16.0 Å². The van der Waals surface area contributed by atoms with Crippen molar-refractivity contribution >= 4 is 28.9 Å². The normalized spacial score (nSPS) is 10.2. The molecule has 154 valence electrons. The van der Waals surface area contributed by atoms with Crippen LogP contribution in [-0.2, 0) is 4.79 Å². The maximum Gasteiger partial charge on any atom is 0.257 e. The van der Waals surface area contributed by atoms with Crippen LogP contribution in [-0.4, -0.2) is 25.5 Å².